The number of esters is 1. The maximum absolute atomic E-state index is 12.6. The number of nitrogens with zero attached hydrogens (tertiary/aromatic N) is 1. The lowest BCUT2D eigenvalue weighted by Gasteiger charge is -2.06. The molecule has 0 aliphatic heterocycles. The van der Waals surface area contributed by atoms with Crippen molar-refractivity contribution in [1.29, 1.82) is 0 Å². The summed E-state index contributed by atoms with van der Waals surface area (Å²) >= 11 is 1.60. The average molecular weight is 400 g/mol. The highest BCUT2D eigenvalue weighted by Crippen LogP contribution is 2.36. The Morgan fingerprint density at radius 1 is 0.862 bits per heavy atom. The summed E-state index contributed by atoms with van der Waals surface area (Å²) in [7, 11) is 0. The van der Waals surface area contributed by atoms with Gasteiger partial charge in [-0.1, -0.05) is 72.3 Å². The van der Waals surface area contributed by atoms with Crippen LogP contribution in [0.2, 0.25) is 0 Å². The van der Waals surface area contributed by atoms with Crippen LogP contribution in [0.4, 0.5) is 0 Å². The minimum Gasteiger partial charge on any atom is -0.426 e. The molecule has 0 amide bonds. The predicted octanol–water partition coefficient (Wildman–Crippen LogP) is 6.24. The first-order valence-corrected chi connectivity index (χ1v) is 10.3. The molecule has 0 aliphatic rings. The number of benzene rings is 3. The average Bonchev–Trinajstić information content (AvgIpc) is 3.13. The maximum atomic E-state index is 12.6. The van der Waals surface area contributed by atoms with Crippen molar-refractivity contribution >= 4 is 17.3 Å². The Hall–Kier alpha value is -3.24. The topological polar surface area (TPSA) is 39.2 Å². The summed E-state index contributed by atoms with van der Waals surface area (Å²) in [5, 5.41) is 0.902. The molecular formula is C25H21NO2S. The van der Waals surface area contributed by atoms with Gasteiger partial charge in [0.1, 0.15) is 10.8 Å². The molecule has 0 saturated heterocycles. The molecule has 1 heterocycles. The Morgan fingerprint density at radius 3 is 2.34 bits per heavy atom. The number of hydrogen-bond donors (Lipinski definition) is 0. The Bertz CT molecular complexity index is 1130. The van der Waals surface area contributed by atoms with E-state index < -0.39 is 0 Å². The van der Waals surface area contributed by atoms with Gasteiger partial charge in [-0.25, -0.2) is 4.98 Å². The number of ether oxygens (including phenoxy) is 1. The molecule has 4 aromatic rings. The number of aryl methyl sites for hydroxylation is 2. The summed E-state index contributed by atoms with van der Waals surface area (Å²) in [6, 6.07) is 25.8. The fourth-order valence-corrected chi connectivity index (χ4v) is 4.18. The van der Waals surface area contributed by atoms with Crippen molar-refractivity contribution in [2.24, 2.45) is 0 Å². The first-order chi connectivity index (χ1) is 14.1. The van der Waals surface area contributed by atoms with Crippen molar-refractivity contribution < 1.29 is 9.53 Å². The molecule has 0 atom stereocenters. The standard InChI is InChI=1S/C25H21NO2S/c1-17-11-13-19(14-12-17)24-22(26-25(29-24)20-8-4-3-5-9-20)16-23(27)28-21-10-6-7-18(2)15-21/h3-15H,16H2,1-2H3. The minimum absolute atomic E-state index is 0.125. The first kappa shape index (κ1) is 19.1. The summed E-state index contributed by atoms with van der Waals surface area (Å²) in [6.07, 6.45) is 0.125. The highest BCUT2D eigenvalue weighted by Gasteiger charge is 2.18. The van der Waals surface area contributed by atoms with Gasteiger partial charge in [-0.05, 0) is 37.1 Å². The van der Waals surface area contributed by atoms with Crippen molar-refractivity contribution in [3.05, 3.63) is 95.7 Å². The van der Waals surface area contributed by atoms with Gasteiger partial charge in [-0.15, -0.1) is 11.3 Å². The van der Waals surface area contributed by atoms with Gasteiger partial charge in [0.2, 0.25) is 0 Å². The van der Waals surface area contributed by atoms with Gasteiger partial charge < -0.3 is 4.74 Å². The molecule has 3 nitrogen and oxygen atoms in total. The smallest absolute Gasteiger partial charge is 0.317 e. The number of aromatic nitrogens is 1. The summed E-state index contributed by atoms with van der Waals surface area (Å²) in [4.78, 5) is 18.4. The molecule has 0 bridgehead atoms. The summed E-state index contributed by atoms with van der Waals surface area (Å²) in [5.74, 6) is 0.249. The zero-order chi connectivity index (χ0) is 20.2. The predicted molar refractivity (Wildman–Crippen MR) is 118 cm³/mol. The van der Waals surface area contributed by atoms with Crippen molar-refractivity contribution in [2.45, 2.75) is 20.3 Å². The van der Waals surface area contributed by atoms with Gasteiger partial charge in [-0.3, -0.25) is 4.79 Å². The first-order valence-electron chi connectivity index (χ1n) is 9.48. The van der Waals surface area contributed by atoms with Crippen molar-refractivity contribution in [1.82, 2.24) is 4.98 Å². The molecule has 3 aromatic carbocycles. The van der Waals surface area contributed by atoms with E-state index >= 15 is 0 Å². The SMILES string of the molecule is Cc1ccc(-c2sc(-c3ccccc3)nc2CC(=O)Oc2cccc(C)c2)cc1. The second kappa shape index (κ2) is 8.41. The molecule has 29 heavy (non-hydrogen) atoms. The highest BCUT2D eigenvalue weighted by atomic mass is 32.1. The summed E-state index contributed by atoms with van der Waals surface area (Å²) < 4.78 is 5.55. The van der Waals surface area contributed by atoms with Crippen molar-refractivity contribution in [2.75, 3.05) is 0 Å². The zero-order valence-corrected chi connectivity index (χ0v) is 17.2. The Balaban J connectivity index is 1.66. The van der Waals surface area contributed by atoms with Crippen LogP contribution in [0.3, 0.4) is 0 Å². The van der Waals surface area contributed by atoms with Gasteiger partial charge in [0, 0.05) is 5.56 Å². The molecule has 1 aromatic heterocycles. The Kier molecular flexibility index (Phi) is 5.54. The maximum Gasteiger partial charge on any atom is 0.317 e. The summed E-state index contributed by atoms with van der Waals surface area (Å²) in [5.41, 5.74) is 5.10. The largest absolute Gasteiger partial charge is 0.426 e. The fraction of sp³-hybridized carbons (Fsp3) is 0.120. The molecule has 0 unspecified atom stereocenters. The number of hydrogen-bond acceptors (Lipinski definition) is 4. The molecule has 4 heteroatoms. The lowest BCUT2D eigenvalue weighted by atomic mass is 10.1. The third-order valence-corrected chi connectivity index (χ3v) is 5.76. The molecule has 144 valence electrons. The van der Waals surface area contributed by atoms with E-state index in [4.69, 9.17) is 9.72 Å². The molecule has 4 rings (SSSR count). The van der Waals surface area contributed by atoms with Crippen LogP contribution in [-0.2, 0) is 11.2 Å². The molecule has 0 N–H and O–H groups in total. The van der Waals surface area contributed by atoms with Gasteiger partial charge in [0.05, 0.1) is 17.0 Å². The number of carbonyl (C=O) groups excluding carboxylic acids is 1. The lowest BCUT2D eigenvalue weighted by molar-refractivity contribution is -0.133. The molecule has 0 spiro atoms. The third-order valence-electron chi connectivity index (χ3n) is 4.56. The number of rotatable bonds is 5. The second-order valence-corrected chi connectivity index (χ2v) is 7.99. The Labute approximate surface area is 174 Å². The van der Waals surface area contributed by atoms with E-state index in [1.54, 1.807) is 17.4 Å². The van der Waals surface area contributed by atoms with E-state index in [1.165, 1.54) is 5.56 Å². The van der Waals surface area contributed by atoms with Crippen LogP contribution in [-0.4, -0.2) is 11.0 Å². The number of carbonyl (C=O) groups is 1. The van der Waals surface area contributed by atoms with Crippen LogP contribution >= 0.6 is 11.3 Å². The second-order valence-electron chi connectivity index (χ2n) is 6.99. The van der Waals surface area contributed by atoms with E-state index in [9.17, 15) is 4.79 Å². The monoisotopic (exact) mass is 399 g/mol. The Morgan fingerprint density at radius 2 is 1.62 bits per heavy atom. The lowest BCUT2D eigenvalue weighted by Crippen LogP contribution is -2.12. The molecule has 0 aliphatic carbocycles. The molecule has 0 saturated carbocycles. The van der Waals surface area contributed by atoms with Crippen LogP contribution in [0.1, 0.15) is 16.8 Å². The highest BCUT2D eigenvalue weighted by molar-refractivity contribution is 7.18. The van der Waals surface area contributed by atoms with E-state index in [2.05, 4.69) is 31.2 Å². The van der Waals surface area contributed by atoms with Crippen LogP contribution in [0.15, 0.2) is 78.9 Å². The van der Waals surface area contributed by atoms with Crippen LogP contribution in [0.25, 0.3) is 21.0 Å². The van der Waals surface area contributed by atoms with Crippen LogP contribution in [0.5, 0.6) is 5.75 Å². The molecule has 0 radical (unpaired) electrons. The fourth-order valence-electron chi connectivity index (χ4n) is 3.09. The van der Waals surface area contributed by atoms with E-state index in [-0.39, 0.29) is 12.4 Å². The van der Waals surface area contributed by atoms with Crippen molar-refractivity contribution in [3.8, 4) is 26.8 Å². The van der Waals surface area contributed by atoms with Gasteiger partial charge in [0.15, 0.2) is 0 Å². The van der Waals surface area contributed by atoms with Crippen LogP contribution in [0, 0.1) is 13.8 Å². The van der Waals surface area contributed by atoms with E-state index in [1.807, 2.05) is 55.5 Å². The van der Waals surface area contributed by atoms with Crippen LogP contribution < -0.4 is 4.74 Å². The van der Waals surface area contributed by atoms with Gasteiger partial charge >= 0.3 is 5.97 Å². The van der Waals surface area contributed by atoms with Gasteiger partial charge in [0.25, 0.3) is 0 Å². The molecular weight excluding hydrogens is 378 g/mol. The van der Waals surface area contributed by atoms with E-state index in [0.717, 1.165) is 32.3 Å². The summed E-state index contributed by atoms with van der Waals surface area (Å²) in [6.45, 7) is 4.03. The minimum atomic E-state index is -0.311. The zero-order valence-electron chi connectivity index (χ0n) is 16.4. The number of thiazole rings is 1. The molecule has 0 fully saturated rings. The normalized spacial score (nSPS) is 10.7. The quantitative estimate of drug-likeness (QED) is 0.294. The van der Waals surface area contributed by atoms with E-state index in [0.29, 0.717) is 5.75 Å². The van der Waals surface area contributed by atoms with Crippen molar-refractivity contribution in [3.63, 3.8) is 0 Å². The van der Waals surface area contributed by atoms with Gasteiger partial charge in [-0.2, -0.15) is 0 Å². The third kappa shape index (κ3) is 4.61.